The van der Waals surface area contributed by atoms with Gasteiger partial charge in [-0.15, -0.1) is 0 Å². The Labute approximate surface area is 215 Å². The van der Waals surface area contributed by atoms with E-state index in [1.54, 1.807) is 24.5 Å². The van der Waals surface area contributed by atoms with E-state index in [1.807, 2.05) is 20.8 Å². The molecule has 0 aliphatic heterocycles. The van der Waals surface area contributed by atoms with Crippen molar-refractivity contribution >= 4 is 39.4 Å². The molecule has 1 atom stereocenters. The molecule has 0 bridgehead atoms. The number of primary amides is 1. The summed E-state index contributed by atoms with van der Waals surface area (Å²) in [6.45, 7) is 6.15. The average Bonchev–Trinajstić information content (AvgIpc) is 2.83. The molecule has 0 saturated carbocycles. The van der Waals surface area contributed by atoms with Crippen LogP contribution in [0.1, 0.15) is 47.1 Å². The zero-order chi connectivity index (χ0) is 27.2. The van der Waals surface area contributed by atoms with Gasteiger partial charge in [-0.1, -0.05) is 19.9 Å². The fraction of sp³-hybridized carbons (Fsp3) is 0.292. The first-order valence-electron chi connectivity index (χ1n) is 11.3. The Morgan fingerprint density at radius 2 is 1.86 bits per heavy atom. The number of aromatic nitrogens is 3. The smallest absolute Gasteiger partial charge is 0.306 e. The molecule has 1 unspecified atom stereocenters. The third kappa shape index (κ3) is 7.87. The van der Waals surface area contributed by atoms with Crippen molar-refractivity contribution in [3.63, 3.8) is 0 Å². The quantitative estimate of drug-likeness (QED) is 0.271. The Balaban J connectivity index is 1.90. The van der Waals surface area contributed by atoms with E-state index in [0.717, 1.165) is 11.8 Å². The second kappa shape index (κ2) is 11.6. The van der Waals surface area contributed by atoms with E-state index in [-0.39, 0.29) is 47.1 Å². The lowest BCUT2D eigenvalue weighted by Crippen LogP contribution is -2.25. The Kier molecular flexibility index (Phi) is 8.60. The van der Waals surface area contributed by atoms with Crippen LogP contribution < -0.4 is 25.9 Å². The summed E-state index contributed by atoms with van der Waals surface area (Å²) in [5.41, 5.74) is 6.71. The van der Waals surface area contributed by atoms with Crippen LogP contribution in [-0.4, -0.2) is 47.5 Å². The molecule has 0 aliphatic rings. The van der Waals surface area contributed by atoms with E-state index < -0.39 is 21.9 Å². The molecule has 0 saturated heterocycles. The SMILES string of the molecule is CC(C)C(C)Nc1nc(Nc2ccc(OS(C)(=O)=O)c(C(=O)NCc3cccnc3)c2)ncc1C(N)=O. The van der Waals surface area contributed by atoms with Gasteiger partial charge in [-0.2, -0.15) is 13.4 Å². The van der Waals surface area contributed by atoms with E-state index in [9.17, 15) is 18.0 Å². The number of pyridine rings is 1. The second-order valence-corrected chi connectivity index (χ2v) is 10.2. The number of rotatable bonds is 11. The third-order valence-corrected chi connectivity index (χ3v) is 5.80. The largest absolute Gasteiger partial charge is 0.382 e. The van der Waals surface area contributed by atoms with Gasteiger partial charge in [0.15, 0.2) is 5.75 Å². The molecule has 3 rings (SSSR count). The number of hydrogen-bond donors (Lipinski definition) is 4. The lowest BCUT2D eigenvalue weighted by Gasteiger charge is -2.20. The summed E-state index contributed by atoms with van der Waals surface area (Å²) in [5.74, 6) is -0.749. The minimum Gasteiger partial charge on any atom is -0.382 e. The first-order chi connectivity index (χ1) is 17.4. The predicted octanol–water partition coefficient (Wildman–Crippen LogP) is 2.44. The second-order valence-electron chi connectivity index (χ2n) is 8.66. The van der Waals surface area contributed by atoms with E-state index >= 15 is 0 Å². The normalized spacial score (nSPS) is 12.0. The van der Waals surface area contributed by atoms with Crippen molar-refractivity contribution in [1.82, 2.24) is 20.3 Å². The highest BCUT2D eigenvalue weighted by Crippen LogP contribution is 2.26. The molecule has 2 amide bonds. The first kappa shape index (κ1) is 27.3. The van der Waals surface area contributed by atoms with E-state index in [0.29, 0.717) is 5.69 Å². The maximum Gasteiger partial charge on any atom is 0.306 e. The van der Waals surface area contributed by atoms with Crippen molar-refractivity contribution in [2.24, 2.45) is 11.7 Å². The van der Waals surface area contributed by atoms with Gasteiger partial charge in [-0.3, -0.25) is 14.6 Å². The molecular formula is C24H29N7O5S. The Morgan fingerprint density at radius 1 is 1.11 bits per heavy atom. The number of nitrogens with two attached hydrogens (primary N) is 1. The highest BCUT2D eigenvalue weighted by atomic mass is 32.2. The van der Waals surface area contributed by atoms with E-state index in [1.165, 1.54) is 24.4 Å². The summed E-state index contributed by atoms with van der Waals surface area (Å²) in [4.78, 5) is 37.3. The summed E-state index contributed by atoms with van der Waals surface area (Å²) in [6, 6.07) is 7.78. The van der Waals surface area contributed by atoms with Crippen molar-refractivity contribution in [2.75, 3.05) is 16.9 Å². The van der Waals surface area contributed by atoms with E-state index in [4.69, 9.17) is 9.92 Å². The number of amides is 2. The number of anilines is 3. The van der Waals surface area contributed by atoms with Crippen LogP contribution in [0.3, 0.4) is 0 Å². The highest BCUT2D eigenvalue weighted by molar-refractivity contribution is 7.86. The lowest BCUT2D eigenvalue weighted by atomic mass is 10.1. The van der Waals surface area contributed by atoms with Crippen molar-refractivity contribution in [3.8, 4) is 5.75 Å². The Hall–Kier alpha value is -4.26. The van der Waals surface area contributed by atoms with Crippen LogP contribution in [0.4, 0.5) is 17.5 Å². The molecule has 3 aromatic rings. The van der Waals surface area contributed by atoms with Gasteiger partial charge in [-0.05, 0) is 42.7 Å². The molecule has 0 spiro atoms. The number of carbonyl (C=O) groups is 2. The van der Waals surface area contributed by atoms with Crippen LogP contribution in [0.5, 0.6) is 5.75 Å². The van der Waals surface area contributed by atoms with Crippen LogP contribution in [0.2, 0.25) is 0 Å². The summed E-state index contributed by atoms with van der Waals surface area (Å²) in [5, 5.41) is 8.85. The van der Waals surface area contributed by atoms with Crippen LogP contribution in [0.25, 0.3) is 0 Å². The van der Waals surface area contributed by atoms with Gasteiger partial charge in [0.05, 0.1) is 17.4 Å². The topological polar surface area (TPSA) is 178 Å². The number of carbonyl (C=O) groups excluding carboxylic acids is 2. The van der Waals surface area contributed by atoms with Crippen molar-refractivity contribution in [2.45, 2.75) is 33.4 Å². The molecule has 196 valence electrons. The number of hydrogen-bond acceptors (Lipinski definition) is 10. The predicted molar refractivity (Wildman–Crippen MR) is 139 cm³/mol. The van der Waals surface area contributed by atoms with Gasteiger partial charge < -0.3 is 25.9 Å². The summed E-state index contributed by atoms with van der Waals surface area (Å²) in [7, 11) is -3.90. The first-order valence-corrected chi connectivity index (χ1v) is 13.2. The molecule has 5 N–H and O–H groups in total. The number of benzene rings is 1. The van der Waals surface area contributed by atoms with Gasteiger partial charge >= 0.3 is 10.1 Å². The fourth-order valence-corrected chi connectivity index (χ4v) is 3.52. The van der Waals surface area contributed by atoms with Crippen LogP contribution in [-0.2, 0) is 16.7 Å². The minimum atomic E-state index is -3.90. The zero-order valence-electron chi connectivity index (χ0n) is 20.8. The molecule has 13 heteroatoms. The summed E-state index contributed by atoms with van der Waals surface area (Å²) in [6.07, 6.45) is 5.40. The minimum absolute atomic E-state index is 0.0108. The standard InChI is InChI=1S/C24H29N7O5S/c1-14(2)15(3)29-22-19(21(25)32)13-28-24(31-22)30-17-7-8-20(36-37(4,34)35)18(10-17)23(33)27-12-16-6-5-9-26-11-16/h5-11,13-15H,12H2,1-4H3,(H2,25,32)(H,27,33)(H2,28,29,30,31). The summed E-state index contributed by atoms with van der Waals surface area (Å²) >= 11 is 0. The van der Waals surface area contributed by atoms with Crippen molar-refractivity contribution in [3.05, 3.63) is 65.6 Å². The Bertz CT molecular complexity index is 1380. The molecule has 2 aromatic heterocycles. The highest BCUT2D eigenvalue weighted by Gasteiger charge is 2.19. The van der Waals surface area contributed by atoms with Crippen molar-refractivity contribution in [1.29, 1.82) is 0 Å². The molecule has 0 aliphatic carbocycles. The van der Waals surface area contributed by atoms with Crippen molar-refractivity contribution < 1.29 is 22.2 Å². The molecule has 0 radical (unpaired) electrons. The molecule has 12 nitrogen and oxygen atoms in total. The lowest BCUT2D eigenvalue weighted by molar-refractivity contribution is 0.0948. The number of nitrogens with zero attached hydrogens (tertiary/aromatic N) is 3. The Morgan fingerprint density at radius 3 is 2.49 bits per heavy atom. The van der Waals surface area contributed by atoms with E-state index in [2.05, 4.69) is 30.9 Å². The van der Waals surface area contributed by atoms with Crippen LogP contribution >= 0.6 is 0 Å². The third-order valence-electron chi connectivity index (χ3n) is 5.32. The maximum absolute atomic E-state index is 13.0. The fourth-order valence-electron chi connectivity index (χ4n) is 3.05. The van der Waals surface area contributed by atoms with Gasteiger partial charge in [0.1, 0.15) is 5.82 Å². The molecule has 2 heterocycles. The maximum atomic E-state index is 13.0. The number of nitrogens with one attached hydrogen (secondary N) is 3. The molecule has 1 aromatic carbocycles. The zero-order valence-corrected chi connectivity index (χ0v) is 21.7. The van der Waals surface area contributed by atoms with Gasteiger partial charge in [0, 0.05) is 36.9 Å². The van der Waals surface area contributed by atoms with Gasteiger partial charge in [-0.25, -0.2) is 4.98 Å². The van der Waals surface area contributed by atoms with Gasteiger partial charge in [0.25, 0.3) is 11.8 Å². The molecular weight excluding hydrogens is 498 g/mol. The van der Waals surface area contributed by atoms with Crippen LogP contribution in [0.15, 0.2) is 48.9 Å². The molecule has 0 fully saturated rings. The molecule has 37 heavy (non-hydrogen) atoms. The monoisotopic (exact) mass is 527 g/mol. The van der Waals surface area contributed by atoms with Crippen LogP contribution in [0, 0.1) is 5.92 Å². The average molecular weight is 528 g/mol. The summed E-state index contributed by atoms with van der Waals surface area (Å²) < 4.78 is 28.5. The van der Waals surface area contributed by atoms with Gasteiger partial charge in [0.2, 0.25) is 5.95 Å².